The summed E-state index contributed by atoms with van der Waals surface area (Å²) in [5, 5.41) is 2.99. The van der Waals surface area contributed by atoms with Gasteiger partial charge >= 0.3 is 6.18 Å². The minimum Gasteiger partial charge on any atom is -0.484 e. The van der Waals surface area contributed by atoms with Crippen molar-refractivity contribution in [3.63, 3.8) is 0 Å². The van der Waals surface area contributed by atoms with E-state index in [0.29, 0.717) is 24.1 Å². The van der Waals surface area contributed by atoms with Crippen molar-refractivity contribution in [3.05, 3.63) is 28.8 Å². The number of rotatable bonds is 8. The van der Waals surface area contributed by atoms with Crippen molar-refractivity contribution in [3.8, 4) is 5.75 Å². The highest BCUT2D eigenvalue weighted by atomic mass is 19.4. The molecule has 1 N–H and O–H groups in total. The van der Waals surface area contributed by atoms with Gasteiger partial charge in [0.05, 0.1) is 0 Å². The van der Waals surface area contributed by atoms with E-state index in [4.69, 9.17) is 4.74 Å². The fraction of sp³-hybridized carbons (Fsp3) is 0.588. The van der Waals surface area contributed by atoms with Gasteiger partial charge in [0, 0.05) is 20.0 Å². The van der Waals surface area contributed by atoms with E-state index in [1.165, 1.54) is 0 Å². The van der Waals surface area contributed by atoms with Crippen LogP contribution in [0.3, 0.4) is 0 Å². The predicted octanol–water partition coefficient (Wildman–Crippen LogP) is 3.20. The van der Waals surface area contributed by atoms with E-state index < -0.39 is 12.8 Å². The van der Waals surface area contributed by atoms with Crippen LogP contribution in [0.1, 0.15) is 29.5 Å². The topological polar surface area (TPSA) is 41.6 Å². The zero-order valence-corrected chi connectivity index (χ0v) is 14.6. The Balaban J connectivity index is 2.72. The largest absolute Gasteiger partial charge is 0.484 e. The van der Waals surface area contributed by atoms with Crippen LogP contribution in [0.25, 0.3) is 0 Å². The van der Waals surface area contributed by atoms with Crippen LogP contribution in [0.5, 0.6) is 5.75 Å². The quantitative estimate of drug-likeness (QED) is 0.735. The second kappa shape index (κ2) is 8.92. The van der Waals surface area contributed by atoms with Gasteiger partial charge in [-0.1, -0.05) is 12.1 Å². The number of ether oxygens (including phenoxy) is 1. The number of carbonyl (C=O) groups excluding carboxylic acids is 1. The molecule has 1 aromatic carbocycles. The lowest BCUT2D eigenvalue weighted by molar-refractivity contribution is -0.153. The lowest BCUT2D eigenvalue weighted by Crippen LogP contribution is -2.27. The number of benzene rings is 1. The van der Waals surface area contributed by atoms with E-state index in [-0.39, 0.29) is 11.7 Å². The SMILES string of the molecule is CNCCCC(=O)N(C)Cc1cc(C)c(OCC(F)(F)F)c(C)c1. The summed E-state index contributed by atoms with van der Waals surface area (Å²) < 4.78 is 41.8. The maximum Gasteiger partial charge on any atom is 0.422 e. The van der Waals surface area contributed by atoms with Gasteiger partial charge in [0.15, 0.2) is 6.61 Å². The van der Waals surface area contributed by atoms with Crippen molar-refractivity contribution in [1.29, 1.82) is 0 Å². The van der Waals surface area contributed by atoms with Gasteiger partial charge in [0.1, 0.15) is 5.75 Å². The van der Waals surface area contributed by atoms with Gasteiger partial charge in [-0.3, -0.25) is 4.79 Å². The van der Waals surface area contributed by atoms with Crippen molar-refractivity contribution >= 4 is 5.91 Å². The fourth-order valence-corrected chi connectivity index (χ4v) is 2.48. The summed E-state index contributed by atoms with van der Waals surface area (Å²) in [5.74, 6) is 0.289. The third-order valence-corrected chi connectivity index (χ3v) is 3.56. The Hall–Kier alpha value is -1.76. The zero-order valence-electron chi connectivity index (χ0n) is 14.6. The molecule has 1 rings (SSSR count). The minimum absolute atomic E-state index is 0.0398. The van der Waals surface area contributed by atoms with Gasteiger partial charge in [0.25, 0.3) is 0 Å². The van der Waals surface area contributed by atoms with Gasteiger partial charge in [-0.15, -0.1) is 0 Å². The van der Waals surface area contributed by atoms with Crippen LogP contribution < -0.4 is 10.1 Å². The second-order valence-electron chi connectivity index (χ2n) is 5.92. The van der Waals surface area contributed by atoms with Crippen LogP contribution in [-0.2, 0) is 11.3 Å². The lowest BCUT2D eigenvalue weighted by atomic mass is 10.1. The summed E-state index contributed by atoms with van der Waals surface area (Å²) in [6, 6.07) is 3.52. The third kappa shape index (κ3) is 6.78. The maximum absolute atomic E-state index is 12.3. The number of aryl methyl sites for hydroxylation is 2. The molecule has 0 atom stereocenters. The molecule has 24 heavy (non-hydrogen) atoms. The molecule has 7 heteroatoms. The first kappa shape index (κ1) is 20.3. The molecule has 0 aliphatic rings. The molecule has 136 valence electrons. The Bertz CT molecular complexity index is 536. The first-order valence-electron chi connectivity index (χ1n) is 7.82. The van der Waals surface area contributed by atoms with Crippen LogP contribution in [0.15, 0.2) is 12.1 Å². The molecule has 1 aromatic rings. The summed E-state index contributed by atoms with van der Waals surface area (Å²) in [4.78, 5) is 13.6. The molecular weight excluding hydrogens is 321 g/mol. The fourth-order valence-electron chi connectivity index (χ4n) is 2.48. The van der Waals surface area contributed by atoms with Crippen molar-refractivity contribution in [2.75, 3.05) is 27.2 Å². The molecule has 0 aliphatic heterocycles. The number of alkyl halides is 3. The van der Waals surface area contributed by atoms with E-state index >= 15 is 0 Å². The van der Waals surface area contributed by atoms with Gasteiger partial charge in [0.2, 0.25) is 5.91 Å². The number of hydrogen-bond donors (Lipinski definition) is 1. The number of hydrogen-bond acceptors (Lipinski definition) is 3. The molecular formula is C17H25F3N2O2. The van der Waals surface area contributed by atoms with Crippen LogP contribution in [-0.4, -0.2) is 44.2 Å². The van der Waals surface area contributed by atoms with Crippen molar-refractivity contribution in [2.45, 2.75) is 39.4 Å². The summed E-state index contributed by atoms with van der Waals surface area (Å²) in [6.07, 6.45) is -3.14. The van der Waals surface area contributed by atoms with Crippen LogP contribution in [0, 0.1) is 13.8 Å². The summed E-state index contributed by atoms with van der Waals surface area (Å²) in [6.45, 7) is 3.30. The molecule has 0 aromatic heterocycles. The van der Waals surface area contributed by atoms with Gasteiger partial charge in [-0.25, -0.2) is 0 Å². The third-order valence-electron chi connectivity index (χ3n) is 3.56. The van der Waals surface area contributed by atoms with Crippen molar-refractivity contribution in [1.82, 2.24) is 10.2 Å². The maximum atomic E-state index is 12.3. The van der Waals surface area contributed by atoms with E-state index in [9.17, 15) is 18.0 Å². The summed E-state index contributed by atoms with van der Waals surface area (Å²) in [7, 11) is 3.56. The Labute approximate surface area is 141 Å². The number of nitrogens with zero attached hydrogens (tertiary/aromatic N) is 1. The summed E-state index contributed by atoms with van der Waals surface area (Å²) >= 11 is 0. The van der Waals surface area contributed by atoms with E-state index in [1.807, 2.05) is 7.05 Å². The van der Waals surface area contributed by atoms with Crippen molar-refractivity contribution in [2.24, 2.45) is 0 Å². The highest BCUT2D eigenvalue weighted by Crippen LogP contribution is 2.27. The zero-order chi connectivity index (χ0) is 18.3. The molecule has 0 aliphatic carbocycles. The smallest absolute Gasteiger partial charge is 0.422 e. The summed E-state index contributed by atoms with van der Waals surface area (Å²) in [5.41, 5.74) is 2.13. The Morgan fingerprint density at radius 2 is 1.83 bits per heavy atom. The van der Waals surface area contributed by atoms with Gasteiger partial charge < -0.3 is 15.0 Å². The van der Waals surface area contributed by atoms with Crippen LogP contribution >= 0.6 is 0 Å². The van der Waals surface area contributed by atoms with E-state index in [1.54, 1.807) is 37.9 Å². The minimum atomic E-state index is -4.36. The molecule has 0 saturated heterocycles. The number of nitrogens with one attached hydrogen (secondary N) is 1. The van der Waals surface area contributed by atoms with Gasteiger partial charge in [-0.05, 0) is 50.6 Å². The molecule has 0 radical (unpaired) electrons. The monoisotopic (exact) mass is 346 g/mol. The van der Waals surface area contributed by atoms with E-state index in [2.05, 4.69) is 5.32 Å². The predicted molar refractivity (Wildman–Crippen MR) is 87.1 cm³/mol. The second-order valence-corrected chi connectivity index (χ2v) is 5.92. The number of amides is 1. The molecule has 0 heterocycles. The average molecular weight is 346 g/mol. The molecule has 0 spiro atoms. The first-order chi connectivity index (χ1) is 11.1. The molecule has 4 nitrogen and oxygen atoms in total. The van der Waals surface area contributed by atoms with E-state index in [0.717, 1.165) is 18.5 Å². The highest BCUT2D eigenvalue weighted by molar-refractivity contribution is 5.75. The molecule has 1 amide bonds. The standard InChI is InChI=1S/C17H25F3N2O2/c1-12-8-14(10-22(4)15(23)6-5-7-21-3)9-13(2)16(12)24-11-17(18,19)20/h8-9,21H,5-7,10-11H2,1-4H3. The Kier molecular flexibility index (Phi) is 7.54. The lowest BCUT2D eigenvalue weighted by Gasteiger charge is -2.20. The first-order valence-corrected chi connectivity index (χ1v) is 7.82. The van der Waals surface area contributed by atoms with Crippen molar-refractivity contribution < 1.29 is 22.7 Å². The molecule has 0 saturated carbocycles. The van der Waals surface area contributed by atoms with Crippen LogP contribution in [0.4, 0.5) is 13.2 Å². The normalized spacial score (nSPS) is 11.5. The molecule has 0 bridgehead atoms. The van der Waals surface area contributed by atoms with Crippen LogP contribution in [0.2, 0.25) is 0 Å². The van der Waals surface area contributed by atoms with Gasteiger partial charge in [-0.2, -0.15) is 13.2 Å². The highest BCUT2D eigenvalue weighted by Gasteiger charge is 2.29. The number of halogens is 3. The molecule has 0 unspecified atom stereocenters. The molecule has 0 fully saturated rings. The average Bonchev–Trinajstić information content (AvgIpc) is 2.45. The number of carbonyl (C=O) groups is 1. The Morgan fingerprint density at radius 3 is 2.33 bits per heavy atom. The Morgan fingerprint density at radius 1 is 1.25 bits per heavy atom.